The van der Waals surface area contributed by atoms with Crippen molar-refractivity contribution in [1.82, 2.24) is 5.32 Å². The molecule has 1 N–H and O–H groups in total. The number of fused-ring (bicyclic) bond motifs is 1. The van der Waals surface area contributed by atoms with Crippen LogP contribution in [-0.4, -0.2) is 26.5 Å². The summed E-state index contributed by atoms with van der Waals surface area (Å²) in [6.07, 6.45) is 1.00. The smallest absolute Gasteiger partial charge is 0.231 e. The molecule has 0 unspecified atom stereocenters. The molecular formula is C14H21NO3. The van der Waals surface area contributed by atoms with E-state index in [1.165, 1.54) is 0 Å². The number of benzene rings is 1. The molecule has 100 valence electrons. The zero-order valence-corrected chi connectivity index (χ0v) is 11.1. The van der Waals surface area contributed by atoms with Gasteiger partial charge in [0.05, 0.1) is 6.61 Å². The minimum Gasteiger partial charge on any atom is -0.493 e. The molecule has 0 saturated heterocycles. The van der Waals surface area contributed by atoms with E-state index in [1.807, 2.05) is 18.2 Å². The molecule has 1 aromatic carbocycles. The van der Waals surface area contributed by atoms with Gasteiger partial charge < -0.3 is 19.5 Å². The Balaban J connectivity index is 1.65. The molecule has 1 aromatic rings. The van der Waals surface area contributed by atoms with Crippen molar-refractivity contribution >= 4 is 0 Å². The first kappa shape index (κ1) is 13.0. The Morgan fingerprint density at radius 2 is 2.11 bits per heavy atom. The average molecular weight is 251 g/mol. The minimum atomic E-state index is 0.303. The summed E-state index contributed by atoms with van der Waals surface area (Å²) >= 11 is 0. The van der Waals surface area contributed by atoms with Crippen LogP contribution in [0.2, 0.25) is 0 Å². The van der Waals surface area contributed by atoms with E-state index in [-0.39, 0.29) is 0 Å². The predicted molar refractivity (Wildman–Crippen MR) is 70.4 cm³/mol. The van der Waals surface area contributed by atoms with Crippen molar-refractivity contribution in [3.05, 3.63) is 18.2 Å². The third kappa shape index (κ3) is 3.81. The second kappa shape index (κ2) is 6.50. The maximum absolute atomic E-state index is 5.66. The Morgan fingerprint density at radius 1 is 1.28 bits per heavy atom. The van der Waals surface area contributed by atoms with Gasteiger partial charge in [-0.25, -0.2) is 0 Å². The monoisotopic (exact) mass is 251 g/mol. The summed E-state index contributed by atoms with van der Waals surface area (Å²) in [5.41, 5.74) is 0. The van der Waals surface area contributed by atoms with Gasteiger partial charge in [-0.2, -0.15) is 0 Å². The normalized spacial score (nSPS) is 13.1. The summed E-state index contributed by atoms with van der Waals surface area (Å²) < 4.78 is 16.2. The standard InChI is InChI=1S/C14H21NO3/c1-11(2)9-15-6-3-7-16-12-4-5-13-14(8-12)18-10-17-13/h4-5,8,11,15H,3,6-7,9-10H2,1-2H3. The van der Waals surface area contributed by atoms with E-state index in [9.17, 15) is 0 Å². The molecule has 0 aliphatic carbocycles. The van der Waals surface area contributed by atoms with E-state index in [2.05, 4.69) is 19.2 Å². The first-order chi connectivity index (χ1) is 8.75. The molecule has 0 amide bonds. The van der Waals surface area contributed by atoms with Gasteiger partial charge in [-0.05, 0) is 37.6 Å². The van der Waals surface area contributed by atoms with Crippen molar-refractivity contribution in [2.45, 2.75) is 20.3 Å². The Hall–Kier alpha value is -1.42. The number of ether oxygens (including phenoxy) is 3. The topological polar surface area (TPSA) is 39.7 Å². The highest BCUT2D eigenvalue weighted by molar-refractivity contribution is 5.46. The van der Waals surface area contributed by atoms with E-state index in [4.69, 9.17) is 14.2 Å². The van der Waals surface area contributed by atoms with E-state index in [0.29, 0.717) is 19.3 Å². The third-order valence-corrected chi connectivity index (χ3v) is 2.66. The van der Waals surface area contributed by atoms with Crippen LogP contribution in [0.1, 0.15) is 20.3 Å². The average Bonchev–Trinajstić information content (AvgIpc) is 2.80. The fraction of sp³-hybridized carbons (Fsp3) is 0.571. The van der Waals surface area contributed by atoms with Crippen LogP contribution in [0, 0.1) is 5.92 Å². The molecule has 0 atom stereocenters. The molecule has 0 spiro atoms. The fourth-order valence-corrected chi connectivity index (χ4v) is 1.74. The molecule has 0 radical (unpaired) electrons. The molecule has 18 heavy (non-hydrogen) atoms. The molecule has 0 bridgehead atoms. The maximum atomic E-state index is 5.66. The van der Waals surface area contributed by atoms with Crippen LogP contribution in [0.5, 0.6) is 17.2 Å². The van der Waals surface area contributed by atoms with Crippen LogP contribution in [0.4, 0.5) is 0 Å². The van der Waals surface area contributed by atoms with Crippen molar-refractivity contribution < 1.29 is 14.2 Å². The summed E-state index contributed by atoms with van der Waals surface area (Å²) in [4.78, 5) is 0. The molecule has 0 aromatic heterocycles. The first-order valence-electron chi connectivity index (χ1n) is 6.49. The number of rotatable bonds is 7. The molecule has 4 nitrogen and oxygen atoms in total. The summed E-state index contributed by atoms with van der Waals surface area (Å²) in [6, 6.07) is 5.67. The molecular weight excluding hydrogens is 230 g/mol. The van der Waals surface area contributed by atoms with Crippen molar-refractivity contribution in [3.63, 3.8) is 0 Å². The van der Waals surface area contributed by atoms with Gasteiger partial charge in [-0.3, -0.25) is 0 Å². The summed E-state index contributed by atoms with van der Waals surface area (Å²) in [6.45, 7) is 7.47. The molecule has 0 fully saturated rings. The van der Waals surface area contributed by atoms with Gasteiger partial charge in [-0.1, -0.05) is 13.8 Å². The summed E-state index contributed by atoms with van der Waals surface area (Å²) in [5, 5.41) is 3.39. The lowest BCUT2D eigenvalue weighted by molar-refractivity contribution is 0.173. The second-order valence-electron chi connectivity index (χ2n) is 4.82. The van der Waals surface area contributed by atoms with E-state index >= 15 is 0 Å². The van der Waals surface area contributed by atoms with Gasteiger partial charge in [0.25, 0.3) is 0 Å². The lowest BCUT2D eigenvalue weighted by atomic mass is 10.2. The second-order valence-corrected chi connectivity index (χ2v) is 4.82. The van der Waals surface area contributed by atoms with E-state index in [1.54, 1.807) is 0 Å². The lowest BCUT2D eigenvalue weighted by Gasteiger charge is -2.09. The van der Waals surface area contributed by atoms with Crippen molar-refractivity contribution in [1.29, 1.82) is 0 Å². The highest BCUT2D eigenvalue weighted by Crippen LogP contribution is 2.34. The van der Waals surface area contributed by atoms with E-state index < -0.39 is 0 Å². The minimum absolute atomic E-state index is 0.303. The molecule has 2 rings (SSSR count). The van der Waals surface area contributed by atoms with Crippen LogP contribution in [-0.2, 0) is 0 Å². The van der Waals surface area contributed by atoms with Gasteiger partial charge in [0.15, 0.2) is 11.5 Å². The Kier molecular flexibility index (Phi) is 4.70. The Bertz CT molecular complexity index is 379. The predicted octanol–water partition coefficient (Wildman–Crippen LogP) is 2.43. The number of hydrogen-bond donors (Lipinski definition) is 1. The van der Waals surface area contributed by atoms with Gasteiger partial charge >= 0.3 is 0 Å². The van der Waals surface area contributed by atoms with E-state index in [0.717, 1.165) is 36.8 Å². The summed E-state index contributed by atoms with van der Waals surface area (Å²) in [5.74, 6) is 3.09. The number of nitrogens with one attached hydrogen (secondary N) is 1. The zero-order valence-electron chi connectivity index (χ0n) is 11.1. The maximum Gasteiger partial charge on any atom is 0.231 e. The van der Waals surface area contributed by atoms with Crippen LogP contribution in [0.3, 0.4) is 0 Å². The molecule has 1 heterocycles. The number of hydrogen-bond acceptors (Lipinski definition) is 4. The zero-order chi connectivity index (χ0) is 12.8. The molecule has 0 saturated carbocycles. The van der Waals surface area contributed by atoms with Crippen LogP contribution >= 0.6 is 0 Å². The quantitative estimate of drug-likeness (QED) is 0.756. The Morgan fingerprint density at radius 3 is 2.94 bits per heavy atom. The third-order valence-electron chi connectivity index (χ3n) is 2.66. The highest BCUT2D eigenvalue weighted by atomic mass is 16.7. The van der Waals surface area contributed by atoms with Crippen LogP contribution < -0.4 is 19.5 Å². The first-order valence-corrected chi connectivity index (χ1v) is 6.49. The van der Waals surface area contributed by atoms with Crippen molar-refractivity contribution in [3.8, 4) is 17.2 Å². The SMILES string of the molecule is CC(C)CNCCCOc1ccc2c(c1)OCO2. The van der Waals surface area contributed by atoms with Crippen LogP contribution in [0.25, 0.3) is 0 Å². The van der Waals surface area contributed by atoms with Gasteiger partial charge in [-0.15, -0.1) is 0 Å². The van der Waals surface area contributed by atoms with Gasteiger partial charge in [0.1, 0.15) is 5.75 Å². The van der Waals surface area contributed by atoms with Crippen LogP contribution in [0.15, 0.2) is 18.2 Å². The molecule has 1 aliphatic heterocycles. The highest BCUT2D eigenvalue weighted by Gasteiger charge is 2.13. The van der Waals surface area contributed by atoms with Crippen molar-refractivity contribution in [2.24, 2.45) is 5.92 Å². The largest absolute Gasteiger partial charge is 0.493 e. The molecule has 1 aliphatic rings. The molecule has 4 heteroatoms. The van der Waals surface area contributed by atoms with Crippen molar-refractivity contribution in [2.75, 3.05) is 26.5 Å². The van der Waals surface area contributed by atoms with Gasteiger partial charge in [0, 0.05) is 6.07 Å². The lowest BCUT2D eigenvalue weighted by Crippen LogP contribution is -2.22. The fourth-order valence-electron chi connectivity index (χ4n) is 1.74. The van der Waals surface area contributed by atoms with Gasteiger partial charge in [0.2, 0.25) is 6.79 Å². The summed E-state index contributed by atoms with van der Waals surface area (Å²) in [7, 11) is 0. The Labute approximate surface area is 108 Å².